The van der Waals surface area contributed by atoms with E-state index in [1.165, 1.54) is 35.6 Å². The predicted octanol–water partition coefficient (Wildman–Crippen LogP) is 3.28. The average Bonchev–Trinajstić information content (AvgIpc) is 3.38. The van der Waals surface area contributed by atoms with Crippen molar-refractivity contribution in [2.75, 3.05) is 37.4 Å². The van der Waals surface area contributed by atoms with Gasteiger partial charge in [0.05, 0.1) is 10.5 Å². The number of benzene rings is 2. The quantitative estimate of drug-likeness (QED) is 0.817. The molecule has 0 atom stereocenters. The van der Waals surface area contributed by atoms with Crippen molar-refractivity contribution in [2.24, 2.45) is 0 Å². The number of carbonyl (C=O) groups is 1. The molecule has 0 saturated carbocycles. The van der Waals surface area contributed by atoms with Crippen LogP contribution in [0.15, 0.2) is 41.3 Å². The lowest BCUT2D eigenvalue weighted by atomic mass is 10.1. The second-order valence-electron chi connectivity index (χ2n) is 7.95. The van der Waals surface area contributed by atoms with Crippen LogP contribution in [0.1, 0.15) is 40.7 Å². The Labute approximate surface area is 172 Å². The predicted molar refractivity (Wildman–Crippen MR) is 115 cm³/mol. The molecule has 1 aliphatic heterocycles. The molecule has 7 heteroatoms. The van der Waals surface area contributed by atoms with Gasteiger partial charge in [-0.1, -0.05) is 6.07 Å². The van der Waals surface area contributed by atoms with Crippen LogP contribution in [0.25, 0.3) is 0 Å². The highest BCUT2D eigenvalue weighted by Gasteiger charge is 2.25. The Balaban J connectivity index is 1.70. The van der Waals surface area contributed by atoms with Crippen LogP contribution in [0.3, 0.4) is 0 Å². The fourth-order valence-corrected chi connectivity index (χ4v) is 5.08. The molecule has 2 aliphatic rings. The van der Waals surface area contributed by atoms with Crippen molar-refractivity contribution in [1.29, 1.82) is 0 Å². The monoisotopic (exact) mass is 413 g/mol. The first-order valence-electron chi connectivity index (χ1n) is 10.1. The van der Waals surface area contributed by atoms with Gasteiger partial charge in [0.25, 0.3) is 5.91 Å². The van der Waals surface area contributed by atoms with Crippen molar-refractivity contribution in [3.05, 3.63) is 53.1 Å². The number of aryl methyl sites for hydroxylation is 2. The van der Waals surface area contributed by atoms with Crippen LogP contribution < -0.4 is 10.2 Å². The molecule has 4 rings (SSSR count). The summed E-state index contributed by atoms with van der Waals surface area (Å²) in [6, 6.07) is 10.9. The number of anilines is 2. The van der Waals surface area contributed by atoms with E-state index < -0.39 is 10.0 Å². The first-order valence-corrected chi connectivity index (χ1v) is 11.5. The van der Waals surface area contributed by atoms with Gasteiger partial charge in [0, 0.05) is 38.6 Å². The highest BCUT2D eigenvalue weighted by atomic mass is 32.2. The largest absolute Gasteiger partial charge is 0.371 e. The summed E-state index contributed by atoms with van der Waals surface area (Å²) in [5.74, 6) is -0.277. The fraction of sp³-hybridized carbons (Fsp3) is 0.409. The van der Waals surface area contributed by atoms with E-state index in [0.717, 1.165) is 56.6 Å². The van der Waals surface area contributed by atoms with Crippen molar-refractivity contribution >= 4 is 27.3 Å². The van der Waals surface area contributed by atoms with Crippen LogP contribution in [0, 0.1) is 0 Å². The molecule has 0 unspecified atom stereocenters. The maximum absolute atomic E-state index is 13.2. The van der Waals surface area contributed by atoms with E-state index in [9.17, 15) is 13.2 Å². The van der Waals surface area contributed by atoms with E-state index in [1.807, 2.05) is 12.1 Å². The molecule has 1 fully saturated rings. The van der Waals surface area contributed by atoms with Crippen molar-refractivity contribution in [1.82, 2.24) is 4.31 Å². The minimum absolute atomic E-state index is 0.129. The number of nitrogens with one attached hydrogen (secondary N) is 1. The number of fused-ring (bicyclic) bond motifs is 1. The average molecular weight is 414 g/mol. The van der Waals surface area contributed by atoms with Crippen LogP contribution in [-0.2, 0) is 22.9 Å². The third kappa shape index (κ3) is 3.89. The highest BCUT2D eigenvalue weighted by Crippen LogP contribution is 2.30. The van der Waals surface area contributed by atoms with Gasteiger partial charge in [0.15, 0.2) is 0 Å². The summed E-state index contributed by atoms with van der Waals surface area (Å²) in [4.78, 5) is 15.5. The van der Waals surface area contributed by atoms with E-state index in [2.05, 4.69) is 16.3 Å². The molecule has 1 saturated heterocycles. The molecule has 2 aromatic carbocycles. The van der Waals surface area contributed by atoms with E-state index in [1.54, 1.807) is 12.1 Å². The molecular formula is C22H27N3O3S. The van der Waals surface area contributed by atoms with Gasteiger partial charge in [0.2, 0.25) is 10.0 Å². The Hall–Kier alpha value is -2.38. The molecule has 1 amide bonds. The molecule has 0 spiro atoms. The van der Waals surface area contributed by atoms with Gasteiger partial charge in [-0.05, 0) is 73.6 Å². The number of nitrogens with zero attached hydrogens (tertiary/aromatic N) is 2. The van der Waals surface area contributed by atoms with Crippen LogP contribution in [0.4, 0.5) is 11.4 Å². The third-order valence-electron chi connectivity index (χ3n) is 5.79. The molecule has 1 N–H and O–H groups in total. The number of hydrogen-bond acceptors (Lipinski definition) is 4. The zero-order chi connectivity index (χ0) is 20.6. The smallest absolute Gasteiger partial charge is 0.257 e. The van der Waals surface area contributed by atoms with Crippen LogP contribution in [-0.4, -0.2) is 45.8 Å². The molecule has 0 bridgehead atoms. The van der Waals surface area contributed by atoms with Gasteiger partial charge in [0.1, 0.15) is 0 Å². The standard InChI is InChI=1S/C22H27N3O3S/c1-24(2)29(27,28)19-10-11-21(25-12-3-4-13-25)20(15-19)22(26)23-18-9-8-16-6-5-7-17(16)14-18/h8-11,14-15H,3-7,12-13H2,1-2H3,(H,23,26). The van der Waals surface area contributed by atoms with Crippen molar-refractivity contribution in [2.45, 2.75) is 37.0 Å². The van der Waals surface area contributed by atoms with Gasteiger partial charge >= 0.3 is 0 Å². The second-order valence-corrected chi connectivity index (χ2v) is 10.1. The SMILES string of the molecule is CN(C)S(=O)(=O)c1ccc(N2CCCC2)c(C(=O)Nc2ccc3c(c2)CCC3)c1. The zero-order valence-corrected chi connectivity index (χ0v) is 17.8. The van der Waals surface area contributed by atoms with Crippen LogP contribution >= 0.6 is 0 Å². The molecule has 0 aromatic heterocycles. The van der Waals surface area contributed by atoms with Gasteiger partial charge in [-0.3, -0.25) is 4.79 Å². The maximum Gasteiger partial charge on any atom is 0.257 e. The molecular weight excluding hydrogens is 386 g/mol. The molecule has 0 radical (unpaired) electrons. The van der Waals surface area contributed by atoms with Gasteiger partial charge in [-0.15, -0.1) is 0 Å². The zero-order valence-electron chi connectivity index (χ0n) is 16.9. The first kappa shape index (κ1) is 19.9. The summed E-state index contributed by atoms with van der Waals surface area (Å²) in [6.45, 7) is 1.75. The normalized spacial score (nSPS) is 16.3. The Kier molecular flexibility index (Phi) is 5.36. The summed E-state index contributed by atoms with van der Waals surface area (Å²) in [5.41, 5.74) is 4.57. The summed E-state index contributed by atoms with van der Waals surface area (Å²) in [6.07, 6.45) is 5.42. The number of hydrogen-bond donors (Lipinski definition) is 1. The molecule has 6 nitrogen and oxygen atoms in total. The van der Waals surface area contributed by atoms with E-state index in [4.69, 9.17) is 0 Å². The maximum atomic E-state index is 13.2. The third-order valence-corrected chi connectivity index (χ3v) is 7.61. The van der Waals surface area contributed by atoms with Crippen molar-refractivity contribution in [3.63, 3.8) is 0 Å². The number of carbonyl (C=O) groups excluding carboxylic acids is 1. The molecule has 1 heterocycles. The van der Waals surface area contributed by atoms with E-state index in [0.29, 0.717) is 5.56 Å². The Morgan fingerprint density at radius 2 is 1.69 bits per heavy atom. The number of sulfonamides is 1. The lowest BCUT2D eigenvalue weighted by molar-refractivity contribution is 0.102. The van der Waals surface area contributed by atoms with Crippen LogP contribution in [0.5, 0.6) is 0 Å². The Bertz CT molecular complexity index is 1040. The van der Waals surface area contributed by atoms with Gasteiger partial charge in [-0.25, -0.2) is 12.7 Å². The fourth-order valence-electron chi connectivity index (χ4n) is 4.15. The van der Waals surface area contributed by atoms with Crippen molar-refractivity contribution in [3.8, 4) is 0 Å². The van der Waals surface area contributed by atoms with Crippen molar-refractivity contribution < 1.29 is 13.2 Å². The molecule has 154 valence electrons. The van der Waals surface area contributed by atoms with Gasteiger partial charge < -0.3 is 10.2 Å². The van der Waals surface area contributed by atoms with E-state index in [-0.39, 0.29) is 10.8 Å². The highest BCUT2D eigenvalue weighted by molar-refractivity contribution is 7.89. The number of amides is 1. The Morgan fingerprint density at radius 3 is 2.41 bits per heavy atom. The van der Waals surface area contributed by atoms with Gasteiger partial charge in [-0.2, -0.15) is 0 Å². The number of rotatable bonds is 5. The van der Waals surface area contributed by atoms with E-state index >= 15 is 0 Å². The molecule has 1 aliphatic carbocycles. The van der Waals surface area contributed by atoms with Crippen LogP contribution in [0.2, 0.25) is 0 Å². The lowest BCUT2D eigenvalue weighted by Crippen LogP contribution is -2.25. The topological polar surface area (TPSA) is 69.7 Å². The molecule has 29 heavy (non-hydrogen) atoms. The summed E-state index contributed by atoms with van der Waals surface area (Å²) in [5, 5.41) is 2.99. The summed E-state index contributed by atoms with van der Waals surface area (Å²) < 4.78 is 26.4. The summed E-state index contributed by atoms with van der Waals surface area (Å²) >= 11 is 0. The first-order chi connectivity index (χ1) is 13.9. The Morgan fingerprint density at radius 1 is 0.966 bits per heavy atom. The lowest BCUT2D eigenvalue weighted by Gasteiger charge is -2.22. The summed E-state index contributed by atoms with van der Waals surface area (Å²) in [7, 11) is -0.631. The second kappa shape index (κ2) is 7.80. The molecule has 2 aromatic rings. The minimum Gasteiger partial charge on any atom is -0.371 e. The minimum atomic E-state index is -3.62.